The van der Waals surface area contributed by atoms with Gasteiger partial charge in [-0.1, -0.05) is 30.3 Å². The molecule has 39 heavy (non-hydrogen) atoms. The molecular formula is C28H33N7O4. The maximum Gasteiger partial charge on any atom is 0.410 e. The smallest absolute Gasteiger partial charge is 0.410 e. The zero-order chi connectivity index (χ0) is 27.7. The van der Waals surface area contributed by atoms with Crippen LogP contribution in [-0.2, 0) is 23.1 Å². The topological polar surface area (TPSA) is 116 Å². The highest BCUT2D eigenvalue weighted by atomic mass is 16.6. The Morgan fingerprint density at radius 1 is 1.15 bits per heavy atom. The van der Waals surface area contributed by atoms with Crippen molar-refractivity contribution in [2.45, 2.75) is 39.0 Å². The van der Waals surface area contributed by atoms with E-state index in [0.29, 0.717) is 36.8 Å². The minimum atomic E-state index is -0.608. The van der Waals surface area contributed by atoms with Crippen LogP contribution in [0.2, 0.25) is 0 Å². The summed E-state index contributed by atoms with van der Waals surface area (Å²) in [4.78, 5) is 37.6. The number of carbonyl (C=O) groups excluding carboxylic acids is 1. The summed E-state index contributed by atoms with van der Waals surface area (Å²) in [5.74, 6) is 0.195. The molecular weight excluding hydrogens is 498 g/mol. The van der Waals surface area contributed by atoms with Gasteiger partial charge in [-0.25, -0.2) is 9.78 Å². The fourth-order valence-electron chi connectivity index (χ4n) is 4.82. The molecule has 11 nitrogen and oxygen atoms in total. The second kappa shape index (κ2) is 10.5. The lowest BCUT2D eigenvalue weighted by atomic mass is 10.0. The molecule has 4 aromatic rings. The average Bonchev–Trinajstić information content (AvgIpc) is 3.50. The zero-order valence-electron chi connectivity index (χ0n) is 22.8. The van der Waals surface area contributed by atoms with Crippen LogP contribution >= 0.6 is 0 Å². The highest BCUT2D eigenvalue weighted by Gasteiger charge is 2.38. The molecule has 1 N–H and O–H groups in total. The molecule has 1 saturated heterocycles. The molecule has 1 aromatic carbocycles. The first-order chi connectivity index (χ1) is 18.6. The molecule has 0 radical (unpaired) electrons. The Balaban J connectivity index is 1.55. The molecule has 0 bridgehead atoms. The summed E-state index contributed by atoms with van der Waals surface area (Å²) in [6.45, 7) is 6.58. The summed E-state index contributed by atoms with van der Waals surface area (Å²) >= 11 is 0. The van der Waals surface area contributed by atoms with E-state index in [1.165, 1.54) is 0 Å². The van der Waals surface area contributed by atoms with E-state index in [-0.39, 0.29) is 17.6 Å². The number of aromatic nitrogens is 5. The van der Waals surface area contributed by atoms with E-state index in [2.05, 4.69) is 15.4 Å². The van der Waals surface area contributed by atoms with Gasteiger partial charge in [0.05, 0.1) is 24.5 Å². The Morgan fingerprint density at radius 2 is 1.92 bits per heavy atom. The van der Waals surface area contributed by atoms with Crippen molar-refractivity contribution in [2.75, 3.05) is 25.5 Å². The lowest BCUT2D eigenvalue weighted by Crippen LogP contribution is -2.36. The lowest BCUT2D eigenvalue weighted by molar-refractivity contribution is 0.0251. The van der Waals surface area contributed by atoms with Crippen LogP contribution in [0.15, 0.2) is 59.8 Å². The summed E-state index contributed by atoms with van der Waals surface area (Å²) in [6.07, 6.45) is 4.53. The van der Waals surface area contributed by atoms with Crippen LogP contribution in [0.5, 0.6) is 0 Å². The van der Waals surface area contributed by atoms with Crippen LogP contribution in [-0.4, -0.2) is 67.2 Å². The van der Waals surface area contributed by atoms with E-state index >= 15 is 0 Å². The molecule has 1 aliphatic heterocycles. The number of nitrogens with zero attached hydrogens (tertiary/aromatic N) is 6. The molecule has 3 aromatic heterocycles. The van der Waals surface area contributed by atoms with Crippen LogP contribution in [0, 0.1) is 5.92 Å². The number of likely N-dealkylation sites (tertiary alicyclic amines) is 1. The summed E-state index contributed by atoms with van der Waals surface area (Å²) < 4.78 is 14.7. The van der Waals surface area contributed by atoms with Crippen molar-refractivity contribution in [3.63, 3.8) is 0 Å². The van der Waals surface area contributed by atoms with Crippen molar-refractivity contribution in [2.24, 2.45) is 13.0 Å². The molecule has 5 rings (SSSR count). The van der Waals surface area contributed by atoms with Gasteiger partial charge in [-0.15, -0.1) is 0 Å². The van der Waals surface area contributed by atoms with Gasteiger partial charge >= 0.3 is 6.09 Å². The first-order valence-corrected chi connectivity index (χ1v) is 12.8. The number of pyridine rings is 1. The third-order valence-electron chi connectivity index (χ3n) is 6.63. The molecule has 1 fully saturated rings. The summed E-state index contributed by atoms with van der Waals surface area (Å²) in [7, 11) is 3.44. The van der Waals surface area contributed by atoms with E-state index in [1.54, 1.807) is 33.7 Å². The van der Waals surface area contributed by atoms with E-state index in [9.17, 15) is 9.59 Å². The maximum absolute atomic E-state index is 14.0. The number of hydrogen-bond acceptors (Lipinski definition) is 8. The Kier molecular flexibility index (Phi) is 7.09. The number of nitrogens with one attached hydrogen (secondary N) is 1. The molecule has 0 aliphatic carbocycles. The summed E-state index contributed by atoms with van der Waals surface area (Å²) in [5, 5.41) is 8.04. The number of fused-ring (bicyclic) bond motifs is 1. The normalized spacial score (nSPS) is 17.5. The molecule has 204 valence electrons. The first-order valence-electron chi connectivity index (χ1n) is 12.8. The monoisotopic (exact) mass is 531 g/mol. The fraction of sp³-hybridized carbons (Fsp3) is 0.393. The van der Waals surface area contributed by atoms with Crippen LogP contribution in [0.4, 0.5) is 16.4 Å². The average molecular weight is 532 g/mol. The Labute approximate surface area is 226 Å². The fourth-order valence-corrected chi connectivity index (χ4v) is 4.82. The lowest BCUT2D eigenvalue weighted by Gasteiger charge is -2.24. The predicted octanol–water partition coefficient (Wildman–Crippen LogP) is 3.82. The van der Waals surface area contributed by atoms with Gasteiger partial charge < -0.3 is 19.7 Å². The van der Waals surface area contributed by atoms with E-state index in [4.69, 9.17) is 14.5 Å². The van der Waals surface area contributed by atoms with Gasteiger partial charge in [0, 0.05) is 56.5 Å². The van der Waals surface area contributed by atoms with Gasteiger partial charge in [0.2, 0.25) is 5.95 Å². The van der Waals surface area contributed by atoms with Gasteiger partial charge in [0.25, 0.3) is 5.56 Å². The molecule has 1 aliphatic rings. The third-order valence-corrected chi connectivity index (χ3v) is 6.63. The first kappa shape index (κ1) is 26.4. The second-order valence-corrected chi connectivity index (χ2v) is 10.8. The Morgan fingerprint density at radius 3 is 2.59 bits per heavy atom. The van der Waals surface area contributed by atoms with E-state index < -0.39 is 11.7 Å². The standard InChI is InChI=1S/C28H33N7O4/c1-28(2,3)39-27(37)34-14-20(23(17-34)38-5)15-35-24-19(11-22(25(35)36)18-9-7-6-8-10-18)12-29-26(32-24)31-21-13-30-33(4)16-21/h6-13,16,20,23H,14-15,17H2,1-5H3,(H,29,31,32)/t20-,23+/m0/s1. The maximum atomic E-state index is 14.0. The molecule has 4 heterocycles. The molecule has 1 amide bonds. The summed E-state index contributed by atoms with van der Waals surface area (Å²) in [6, 6.07) is 11.4. The number of aryl methyl sites for hydroxylation is 1. The highest BCUT2D eigenvalue weighted by molar-refractivity contribution is 5.81. The van der Waals surface area contributed by atoms with Crippen molar-refractivity contribution in [1.29, 1.82) is 0 Å². The van der Waals surface area contributed by atoms with Crippen molar-refractivity contribution in [3.05, 3.63) is 65.3 Å². The number of methoxy groups -OCH3 is 1. The Hall–Kier alpha value is -4.25. The van der Waals surface area contributed by atoms with Gasteiger partial charge in [0.1, 0.15) is 11.2 Å². The molecule has 2 atom stereocenters. The number of anilines is 2. The number of rotatable bonds is 6. The largest absolute Gasteiger partial charge is 0.444 e. The summed E-state index contributed by atoms with van der Waals surface area (Å²) in [5.41, 5.74) is 1.80. The van der Waals surface area contributed by atoms with Crippen LogP contribution in [0.1, 0.15) is 20.8 Å². The molecule has 0 spiro atoms. The van der Waals surface area contributed by atoms with E-state index in [0.717, 1.165) is 16.6 Å². The third kappa shape index (κ3) is 5.78. The van der Waals surface area contributed by atoms with Crippen molar-refractivity contribution in [1.82, 2.24) is 29.2 Å². The van der Waals surface area contributed by atoms with Crippen molar-refractivity contribution >= 4 is 28.8 Å². The SMILES string of the molecule is CO[C@@H]1CN(C(=O)OC(C)(C)C)C[C@H]1Cn1c(=O)c(-c2ccccc2)cc2cnc(Nc3cnn(C)c3)nc21. The minimum Gasteiger partial charge on any atom is -0.444 e. The van der Waals surface area contributed by atoms with Gasteiger partial charge in [-0.3, -0.25) is 14.0 Å². The quantitative estimate of drug-likeness (QED) is 0.399. The van der Waals surface area contributed by atoms with Gasteiger partial charge in [-0.2, -0.15) is 10.1 Å². The molecule has 11 heteroatoms. The number of ether oxygens (including phenoxy) is 2. The number of amides is 1. The minimum absolute atomic E-state index is 0.154. The highest BCUT2D eigenvalue weighted by Crippen LogP contribution is 2.26. The molecule has 0 saturated carbocycles. The number of carbonyl (C=O) groups is 1. The number of benzene rings is 1. The molecule has 0 unspecified atom stereocenters. The predicted molar refractivity (Wildman–Crippen MR) is 148 cm³/mol. The van der Waals surface area contributed by atoms with Crippen molar-refractivity contribution in [3.8, 4) is 11.1 Å². The second-order valence-electron chi connectivity index (χ2n) is 10.8. The van der Waals surface area contributed by atoms with Crippen LogP contribution in [0.25, 0.3) is 22.2 Å². The zero-order valence-corrected chi connectivity index (χ0v) is 22.8. The van der Waals surface area contributed by atoms with E-state index in [1.807, 2.05) is 70.4 Å². The number of hydrogen-bond donors (Lipinski definition) is 1. The van der Waals surface area contributed by atoms with Gasteiger partial charge in [0.15, 0.2) is 0 Å². The Bertz CT molecular complexity index is 1540. The van der Waals surface area contributed by atoms with Crippen molar-refractivity contribution < 1.29 is 14.3 Å². The van der Waals surface area contributed by atoms with Gasteiger partial charge in [-0.05, 0) is 32.4 Å². The van der Waals surface area contributed by atoms with Crippen LogP contribution in [0.3, 0.4) is 0 Å². The van der Waals surface area contributed by atoms with Crippen LogP contribution < -0.4 is 10.9 Å².